The average molecular weight is 247 g/mol. The topological polar surface area (TPSA) is 32.0 Å². The van der Waals surface area contributed by atoms with Crippen LogP contribution in [0.5, 0.6) is 0 Å². The van der Waals surface area contributed by atoms with Crippen LogP contribution in [-0.4, -0.2) is 24.4 Å². The van der Waals surface area contributed by atoms with Crippen LogP contribution in [-0.2, 0) is 13.6 Å². The smallest absolute Gasteiger partial charge is 0.314 e. The third-order valence-corrected chi connectivity index (χ3v) is 2.88. The molecule has 0 aliphatic carbocycles. The fourth-order valence-corrected chi connectivity index (χ4v) is 1.95. The summed E-state index contributed by atoms with van der Waals surface area (Å²) in [5, 5.41) is 0. The largest absolute Gasteiger partial charge is 0.333 e. The van der Waals surface area contributed by atoms with Crippen molar-refractivity contribution in [3.05, 3.63) is 11.4 Å². The Morgan fingerprint density at radius 2 is 1.44 bits per heavy atom. The van der Waals surface area contributed by atoms with Crippen LogP contribution < -0.4 is 0 Å². The average Bonchev–Trinajstić information content (AvgIpc) is 1.97. The van der Waals surface area contributed by atoms with E-state index in [0.29, 0.717) is 13.2 Å². The third kappa shape index (κ3) is 10.3. The van der Waals surface area contributed by atoms with Crippen LogP contribution in [0.3, 0.4) is 0 Å². The van der Waals surface area contributed by atoms with Gasteiger partial charge in [0.25, 0.3) is 0 Å². The van der Waals surface area contributed by atoms with Gasteiger partial charge in [0.15, 0.2) is 0 Å². The summed E-state index contributed by atoms with van der Waals surface area (Å²) in [5.41, 5.74) is -0.621. The van der Waals surface area contributed by atoms with Gasteiger partial charge >= 0.3 is 8.60 Å². The zero-order chi connectivity index (χ0) is 12.8. The third-order valence-electron chi connectivity index (χ3n) is 1.10. The Kier molecular flexibility index (Phi) is 6.43. The Bertz CT molecular complexity index is 221. The first-order valence-corrected chi connectivity index (χ1v) is 6.38. The molecule has 4 nitrogen and oxygen atoms in total. The van der Waals surface area contributed by atoms with E-state index in [0.717, 1.165) is 0 Å². The number of nitrogens with zero attached hydrogens (tertiary/aromatic N) is 1. The molecule has 0 radical (unpaired) electrons. The van der Waals surface area contributed by atoms with Crippen molar-refractivity contribution in [1.82, 2.24) is 0 Å². The van der Waals surface area contributed by atoms with Crippen molar-refractivity contribution in [2.75, 3.05) is 13.2 Å². The van der Waals surface area contributed by atoms with Gasteiger partial charge in [0, 0.05) is 0 Å². The monoisotopic (exact) mass is 247 g/mol. The van der Waals surface area contributed by atoms with Crippen LogP contribution in [0.1, 0.15) is 41.5 Å². The Balaban J connectivity index is 4.23. The van der Waals surface area contributed by atoms with E-state index in [-0.39, 0.29) is 11.2 Å². The molecule has 0 aliphatic rings. The second kappa shape index (κ2) is 6.51. The van der Waals surface area contributed by atoms with E-state index in [1.165, 1.54) is 0 Å². The second-order valence-corrected chi connectivity index (χ2v) is 6.42. The number of hydrogen-bond acceptors (Lipinski definition) is 3. The molecule has 94 valence electrons. The van der Waals surface area contributed by atoms with E-state index in [1.54, 1.807) is 0 Å². The molecule has 0 saturated carbocycles. The predicted octanol–water partition coefficient (Wildman–Crippen LogP) is 3.78. The Labute approximate surface area is 100 Å². The highest BCUT2D eigenvalue weighted by atomic mass is 31.2. The van der Waals surface area contributed by atoms with Crippen molar-refractivity contribution in [2.24, 2.45) is 0 Å². The molecule has 0 unspecified atom stereocenters. The number of rotatable bonds is 5. The van der Waals surface area contributed by atoms with Gasteiger partial charge in [-0.1, -0.05) is 0 Å². The van der Waals surface area contributed by atoms with E-state index in [2.05, 4.69) is 4.85 Å². The standard InChI is InChI=1S/C11H22NO3P/c1-10(2,3)14-16(13-9-8-12-7)15-11(4,5)6/h8-9H2,1-6H3. The minimum atomic E-state index is -1.39. The van der Waals surface area contributed by atoms with Crippen LogP contribution in [0.15, 0.2) is 0 Å². The molecule has 0 aliphatic heterocycles. The summed E-state index contributed by atoms with van der Waals surface area (Å²) < 4.78 is 16.8. The summed E-state index contributed by atoms with van der Waals surface area (Å²) in [5.74, 6) is 0. The molecule has 0 aromatic rings. The van der Waals surface area contributed by atoms with Crippen LogP contribution >= 0.6 is 8.60 Å². The SMILES string of the molecule is [C-]#[N+]CCOP(OC(C)(C)C)OC(C)(C)C. The predicted molar refractivity (Wildman–Crippen MR) is 66.0 cm³/mol. The van der Waals surface area contributed by atoms with Gasteiger partial charge in [0.1, 0.15) is 6.61 Å². The van der Waals surface area contributed by atoms with Gasteiger partial charge in [-0.3, -0.25) is 0 Å². The fraction of sp³-hybridized carbons (Fsp3) is 0.909. The molecule has 0 N–H and O–H groups in total. The molecular weight excluding hydrogens is 225 g/mol. The first kappa shape index (κ1) is 15.8. The molecule has 0 rings (SSSR count). The van der Waals surface area contributed by atoms with Crippen molar-refractivity contribution in [1.29, 1.82) is 0 Å². The molecule has 0 aromatic heterocycles. The van der Waals surface area contributed by atoms with Gasteiger partial charge < -0.3 is 18.4 Å². The maximum absolute atomic E-state index is 6.68. The minimum absolute atomic E-state index is 0.310. The van der Waals surface area contributed by atoms with Crippen LogP contribution in [0.2, 0.25) is 0 Å². The van der Waals surface area contributed by atoms with Gasteiger partial charge in [0.2, 0.25) is 6.54 Å². The van der Waals surface area contributed by atoms with Crippen molar-refractivity contribution < 1.29 is 13.6 Å². The molecule has 0 fully saturated rings. The summed E-state index contributed by atoms with van der Waals surface area (Å²) in [6, 6.07) is 0. The lowest BCUT2D eigenvalue weighted by molar-refractivity contribution is 0.0344. The lowest BCUT2D eigenvalue weighted by atomic mass is 10.2. The highest BCUT2D eigenvalue weighted by Crippen LogP contribution is 2.46. The molecule has 0 aromatic carbocycles. The molecule has 0 spiro atoms. The van der Waals surface area contributed by atoms with E-state index >= 15 is 0 Å². The molecule has 0 atom stereocenters. The summed E-state index contributed by atoms with van der Waals surface area (Å²) in [7, 11) is -1.39. The molecule has 0 bridgehead atoms. The summed E-state index contributed by atoms with van der Waals surface area (Å²) in [6.07, 6.45) is 0. The van der Waals surface area contributed by atoms with E-state index in [4.69, 9.17) is 20.1 Å². The molecule has 0 saturated heterocycles. The fourth-order valence-electron chi connectivity index (χ4n) is 0.680. The van der Waals surface area contributed by atoms with Crippen molar-refractivity contribution in [2.45, 2.75) is 52.7 Å². The lowest BCUT2D eigenvalue weighted by Gasteiger charge is -2.29. The van der Waals surface area contributed by atoms with E-state index < -0.39 is 8.60 Å². The summed E-state index contributed by atoms with van der Waals surface area (Å²) in [6.45, 7) is 19.1. The van der Waals surface area contributed by atoms with Crippen molar-refractivity contribution >= 4 is 8.60 Å². The van der Waals surface area contributed by atoms with Gasteiger partial charge in [-0.05, 0) is 41.5 Å². The lowest BCUT2D eigenvalue weighted by Crippen LogP contribution is -2.22. The first-order chi connectivity index (χ1) is 7.14. The van der Waals surface area contributed by atoms with E-state index in [1.807, 2.05) is 41.5 Å². The quantitative estimate of drug-likeness (QED) is 0.421. The van der Waals surface area contributed by atoms with Crippen LogP contribution in [0.4, 0.5) is 0 Å². The van der Waals surface area contributed by atoms with Crippen molar-refractivity contribution in [3.63, 3.8) is 0 Å². The normalized spacial score (nSPS) is 12.9. The van der Waals surface area contributed by atoms with Gasteiger partial charge in [0.05, 0.1) is 11.2 Å². The molecule has 16 heavy (non-hydrogen) atoms. The summed E-state index contributed by atoms with van der Waals surface area (Å²) >= 11 is 0. The minimum Gasteiger partial charge on any atom is -0.314 e. The molecule has 0 amide bonds. The Morgan fingerprint density at radius 1 is 1.00 bits per heavy atom. The van der Waals surface area contributed by atoms with Gasteiger partial charge in [-0.2, -0.15) is 0 Å². The number of hydrogen-bond donors (Lipinski definition) is 0. The van der Waals surface area contributed by atoms with Crippen molar-refractivity contribution in [3.8, 4) is 0 Å². The highest BCUT2D eigenvalue weighted by Gasteiger charge is 2.27. The van der Waals surface area contributed by atoms with Crippen LogP contribution in [0.25, 0.3) is 4.85 Å². The molecule has 0 heterocycles. The second-order valence-electron chi connectivity index (χ2n) is 5.35. The first-order valence-electron chi connectivity index (χ1n) is 5.28. The molecular formula is C11H22NO3P. The Morgan fingerprint density at radius 3 is 1.75 bits per heavy atom. The zero-order valence-corrected chi connectivity index (χ0v) is 11.9. The van der Waals surface area contributed by atoms with Gasteiger partial charge in [-0.25, -0.2) is 6.57 Å². The van der Waals surface area contributed by atoms with Gasteiger partial charge in [-0.15, -0.1) is 0 Å². The maximum Gasteiger partial charge on any atom is 0.333 e. The summed E-state index contributed by atoms with van der Waals surface area (Å²) in [4.78, 5) is 3.22. The van der Waals surface area contributed by atoms with Crippen LogP contribution in [0, 0.1) is 6.57 Å². The molecule has 5 heteroatoms. The maximum atomic E-state index is 6.68. The zero-order valence-electron chi connectivity index (χ0n) is 11.0. The highest BCUT2D eigenvalue weighted by molar-refractivity contribution is 7.41. The Hall–Kier alpha value is -0.200. The van der Waals surface area contributed by atoms with E-state index in [9.17, 15) is 0 Å².